The van der Waals surface area contributed by atoms with Gasteiger partial charge in [0.05, 0.1) is 24.8 Å². The third-order valence-corrected chi connectivity index (χ3v) is 5.56. The van der Waals surface area contributed by atoms with E-state index in [0.29, 0.717) is 34.0 Å². The highest BCUT2D eigenvalue weighted by Gasteiger charge is 2.27. The number of fused-ring (bicyclic) bond motifs is 1. The van der Waals surface area contributed by atoms with Crippen LogP contribution in [0.2, 0.25) is 0 Å². The number of hydrogen-bond acceptors (Lipinski definition) is 5. The molecule has 0 bridgehead atoms. The molecule has 0 saturated heterocycles. The molecule has 2 N–H and O–H groups in total. The summed E-state index contributed by atoms with van der Waals surface area (Å²) in [6, 6.07) is 9.28. The van der Waals surface area contributed by atoms with Gasteiger partial charge in [-0.3, -0.25) is 9.52 Å². The molecule has 1 heterocycles. The van der Waals surface area contributed by atoms with Crippen LogP contribution in [0.3, 0.4) is 0 Å². The molecule has 2 aromatic rings. The molecule has 1 amide bonds. The molecule has 142 valence electrons. The van der Waals surface area contributed by atoms with E-state index in [-0.39, 0.29) is 10.8 Å². The van der Waals surface area contributed by atoms with Crippen molar-refractivity contribution in [2.24, 2.45) is 0 Å². The molecule has 0 fully saturated rings. The van der Waals surface area contributed by atoms with E-state index in [2.05, 4.69) is 10.0 Å². The highest BCUT2D eigenvalue weighted by molar-refractivity contribution is 7.92. The number of rotatable bonds is 5. The lowest BCUT2D eigenvalue weighted by atomic mass is 10.0. The van der Waals surface area contributed by atoms with Crippen LogP contribution in [0.25, 0.3) is 5.57 Å². The molecule has 0 aliphatic carbocycles. The molecule has 7 nitrogen and oxygen atoms in total. The minimum absolute atomic E-state index is 0.0614. The van der Waals surface area contributed by atoms with E-state index in [0.717, 1.165) is 5.57 Å². The molecule has 3 rings (SSSR count). The Kier molecular flexibility index (Phi) is 4.84. The lowest BCUT2D eigenvalue weighted by molar-refractivity contribution is -0.110. The van der Waals surface area contributed by atoms with Crippen molar-refractivity contribution in [2.75, 3.05) is 24.3 Å². The van der Waals surface area contributed by atoms with Gasteiger partial charge in [0.25, 0.3) is 15.9 Å². The van der Waals surface area contributed by atoms with Crippen molar-refractivity contribution in [1.29, 1.82) is 0 Å². The van der Waals surface area contributed by atoms with Crippen LogP contribution in [0.5, 0.6) is 11.5 Å². The summed E-state index contributed by atoms with van der Waals surface area (Å²) in [5, 5.41) is 2.74. The van der Waals surface area contributed by atoms with Crippen LogP contribution in [0.15, 0.2) is 46.9 Å². The number of anilines is 2. The van der Waals surface area contributed by atoms with Gasteiger partial charge in [-0.1, -0.05) is 5.57 Å². The highest BCUT2D eigenvalue weighted by Crippen LogP contribution is 2.36. The van der Waals surface area contributed by atoms with Crippen LogP contribution in [-0.4, -0.2) is 28.5 Å². The molecule has 27 heavy (non-hydrogen) atoms. The molecular formula is C19H20N2O5S. The largest absolute Gasteiger partial charge is 0.493 e. The van der Waals surface area contributed by atoms with Gasteiger partial charge in [-0.2, -0.15) is 0 Å². The standard InChI is InChI=1S/C19H20N2O5S/c1-11(2)18-14-10-13(6-7-15(14)20-19(18)22)27(23,24)21-12-5-8-16(25-3)17(9-12)26-4/h5-10,21H,1-4H3,(H,20,22). The maximum absolute atomic E-state index is 12.8. The summed E-state index contributed by atoms with van der Waals surface area (Å²) in [6.45, 7) is 3.63. The van der Waals surface area contributed by atoms with E-state index < -0.39 is 10.0 Å². The number of carbonyl (C=O) groups excluding carboxylic acids is 1. The maximum atomic E-state index is 12.8. The Morgan fingerprint density at radius 2 is 1.70 bits per heavy atom. The normalized spacial score (nSPS) is 13.0. The number of methoxy groups -OCH3 is 2. The van der Waals surface area contributed by atoms with Gasteiger partial charge < -0.3 is 14.8 Å². The zero-order valence-electron chi connectivity index (χ0n) is 15.4. The Morgan fingerprint density at radius 3 is 2.33 bits per heavy atom. The first-order chi connectivity index (χ1) is 12.8. The van der Waals surface area contributed by atoms with E-state index in [1.165, 1.54) is 32.4 Å². The predicted molar refractivity (Wildman–Crippen MR) is 104 cm³/mol. The van der Waals surface area contributed by atoms with Gasteiger partial charge >= 0.3 is 0 Å². The smallest absolute Gasteiger partial charge is 0.261 e. The molecule has 1 aliphatic rings. The fourth-order valence-corrected chi connectivity index (χ4v) is 4.00. The van der Waals surface area contributed by atoms with Crippen molar-refractivity contribution < 1.29 is 22.7 Å². The SMILES string of the molecule is COc1ccc(NS(=O)(=O)c2ccc3c(c2)C(=C(C)C)C(=O)N3)cc1OC. The van der Waals surface area contributed by atoms with Gasteiger partial charge in [-0.05, 0) is 44.2 Å². The molecule has 0 spiro atoms. The average Bonchev–Trinajstić information content (AvgIpc) is 2.96. The quantitative estimate of drug-likeness (QED) is 0.767. The Morgan fingerprint density at radius 1 is 1.00 bits per heavy atom. The van der Waals surface area contributed by atoms with Crippen LogP contribution in [0, 0.1) is 0 Å². The van der Waals surface area contributed by atoms with Gasteiger partial charge in [0, 0.05) is 22.9 Å². The number of hydrogen-bond donors (Lipinski definition) is 2. The number of carbonyl (C=O) groups is 1. The molecule has 0 radical (unpaired) electrons. The predicted octanol–water partition coefficient (Wildman–Crippen LogP) is 3.25. The van der Waals surface area contributed by atoms with Crippen molar-refractivity contribution in [3.05, 3.63) is 47.5 Å². The molecule has 0 aromatic heterocycles. The molecule has 0 atom stereocenters. The summed E-state index contributed by atoms with van der Waals surface area (Å²) in [4.78, 5) is 12.2. The summed E-state index contributed by atoms with van der Waals surface area (Å²) < 4.78 is 38.5. The van der Waals surface area contributed by atoms with Crippen LogP contribution in [0.4, 0.5) is 11.4 Å². The second-order valence-corrected chi connectivity index (χ2v) is 7.89. The first-order valence-corrected chi connectivity index (χ1v) is 9.63. The van der Waals surface area contributed by atoms with Crippen molar-refractivity contribution in [3.63, 3.8) is 0 Å². The zero-order valence-corrected chi connectivity index (χ0v) is 16.2. The maximum Gasteiger partial charge on any atom is 0.261 e. The lowest BCUT2D eigenvalue weighted by Gasteiger charge is -2.12. The minimum Gasteiger partial charge on any atom is -0.493 e. The van der Waals surface area contributed by atoms with E-state index in [1.54, 1.807) is 18.2 Å². The van der Waals surface area contributed by atoms with Crippen molar-refractivity contribution in [3.8, 4) is 11.5 Å². The first-order valence-electron chi connectivity index (χ1n) is 8.15. The molecule has 0 saturated carbocycles. The van der Waals surface area contributed by atoms with Gasteiger partial charge in [0.15, 0.2) is 11.5 Å². The third-order valence-electron chi connectivity index (χ3n) is 4.18. The number of nitrogens with one attached hydrogen (secondary N) is 2. The third kappa shape index (κ3) is 3.48. The minimum atomic E-state index is -3.85. The highest BCUT2D eigenvalue weighted by atomic mass is 32.2. The zero-order chi connectivity index (χ0) is 19.8. The van der Waals surface area contributed by atoms with Crippen LogP contribution in [0.1, 0.15) is 19.4 Å². The Balaban J connectivity index is 1.98. The first kappa shape index (κ1) is 18.8. The fraction of sp³-hybridized carbons (Fsp3) is 0.211. The molecular weight excluding hydrogens is 368 g/mol. The monoisotopic (exact) mass is 388 g/mol. The molecule has 2 aromatic carbocycles. The Bertz CT molecular complexity index is 1050. The van der Waals surface area contributed by atoms with Gasteiger partial charge in [0.1, 0.15) is 0 Å². The van der Waals surface area contributed by atoms with Crippen LogP contribution < -0.4 is 19.5 Å². The number of sulfonamides is 1. The van der Waals surface area contributed by atoms with Crippen LogP contribution in [-0.2, 0) is 14.8 Å². The van der Waals surface area contributed by atoms with Crippen molar-refractivity contribution in [1.82, 2.24) is 0 Å². The fourth-order valence-electron chi connectivity index (χ4n) is 2.92. The molecule has 0 unspecified atom stereocenters. The summed E-state index contributed by atoms with van der Waals surface area (Å²) >= 11 is 0. The average molecular weight is 388 g/mol. The van der Waals surface area contributed by atoms with Crippen molar-refractivity contribution in [2.45, 2.75) is 18.7 Å². The van der Waals surface area contributed by atoms with Crippen molar-refractivity contribution >= 4 is 32.9 Å². The van der Waals surface area contributed by atoms with Gasteiger partial charge in [-0.15, -0.1) is 0 Å². The second-order valence-electron chi connectivity index (χ2n) is 6.21. The summed E-state index contributed by atoms with van der Waals surface area (Å²) in [5.74, 6) is 0.677. The summed E-state index contributed by atoms with van der Waals surface area (Å²) in [5.41, 5.74) is 2.82. The number of benzene rings is 2. The van der Waals surface area contributed by atoms with Gasteiger partial charge in [0.2, 0.25) is 0 Å². The number of allylic oxidation sites excluding steroid dienone is 1. The van der Waals surface area contributed by atoms with E-state index >= 15 is 0 Å². The Labute approximate surface area is 158 Å². The lowest BCUT2D eigenvalue weighted by Crippen LogP contribution is -2.13. The molecule has 1 aliphatic heterocycles. The van der Waals surface area contributed by atoms with E-state index in [9.17, 15) is 13.2 Å². The number of amides is 1. The van der Waals surface area contributed by atoms with Crippen LogP contribution >= 0.6 is 0 Å². The van der Waals surface area contributed by atoms with E-state index in [4.69, 9.17) is 9.47 Å². The second kappa shape index (κ2) is 6.96. The summed E-state index contributed by atoms with van der Waals surface area (Å²) in [6.07, 6.45) is 0. The molecule has 8 heteroatoms. The van der Waals surface area contributed by atoms with E-state index in [1.807, 2.05) is 13.8 Å². The number of ether oxygens (including phenoxy) is 2. The Hall–Kier alpha value is -3.00. The van der Waals surface area contributed by atoms with Gasteiger partial charge in [-0.25, -0.2) is 8.42 Å². The topological polar surface area (TPSA) is 93.7 Å². The summed E-state index contributed by atoms with van der Waals surface area (Å²) in [7, 11) is -0.878.